The summed E-state index contributed by atoms with van der Waals surface area (Å²) in [4.78, 5) is 5.24. The molecule has 3 N–H and O–H groups in total. The molecule has 1 aromatic heterocycles. The van der Waals surface area contributed by atoms with Gasteiger partial charge >= 0.3 is 0 Å². The number of H-pyrrole nitrogens is 1. The van der Waals surface area contributed by atoms with Gasteiger partial charge in [-0.25, -0.2) is 4.98 Å². The molecule has 0 atom stereocenters. The maximum atomic E-state index is 6.19. The van der Waals surface area contributed by atoms with Crippen LogP contribution in [-0.2, 0) is 6.42 Å². The number of aromatic nitrogens is 3. The van der Waals surface area contributed by atoms with Crippen LogP contribution < -0.4 is 5.73 Å². The van der Waals surface area contributed by atoms with Crippen molar-refractivity contribution in [1.82, 2.24) is 15.2 Å². The van der Waals surface area contributed by atoms with Crippen molar-refractivity contribution in [2.75, 3.05) is 6.54 Å². The standard InChI is InChI=1S/C11H13ClN4S/c1-7-14-11(16-15-7)17-10-8(5-6-13)3-2-4-9(10)12/h2-4H,5-6,13H2,1H3,(H,14,15,16). The van der Waals surface area contributed by atoms with Crippen LogP contribution in [0, 0.1) is 6.92 Å². The van der Waals surface area contributed by atoms with Crippen molar-refractivity contribution in [3.8, 4) is 0 Å². The highest BCUT2D eigenvalue weighted by Crippen LogP contribution is 2.34. The van der Waals surface area contributed by atoms with E-state index >= 15 is 0 Å². The lowest BCUT2D eigenvalue weighted by Crippen LogP contribution is -2.03. The van der Waals surface area contributed by atoms with Gasteiger partial charge in [-0.2, -0.15) is 0 Å². The van der Waals surface area contributed by atoms with Crippen LogP contribution in [0.1, 0.15) is 11.4 Å². The second-order valence-electron chi connectivity index (χ2n) is 3.57. The van der Waals surface area contributed by atoms with Crippen LogP contribution in [0.25, 0.3) is 0 Å². The quantitative estimate of drug-likeness (QED) is 0.894. The number of rotatable bonds is 4. The summed E-state index contributed by atoms with van der Waals surface area (Å²) in [7, 11) is 0. The van der Waals surface area contributed by atoms with Crippen molar-refractivity contribution in [1.29, 1.82) is 0 Å². The Kier molecular flexibility index (Phi) is 4.04. The molecule has 2 rings (SSSR count). The molecular weight excluding hydrogens is 256 g/mol. The van der Waals surface area contributed by atoms with Crippen LogP contribution >= 0.6 is 23.4 Å². The van der Waals surface area contributed by atoms with E-state index in [2.05, 4.69) is 15.2 Å². The molecule has 0 bridgehead atoms. The Morgan fingerprint density at radius 1 is 1.47 bits per heavy atom. The van der Waals surface area contributed by atoms with E-state index < -0.39 is 0 Å². The van der Waals surface area contributed by atoms with Gasteiger partial charge in [-0.3, -0.25) is 5.10 Å². The zero-order valence-corrected chi connectivity index (χ0v) is 11.0. The summed E-state index contributed by atoms with van der Waals surface area (Å²) in [6, 6.07) is 5.82. The van der Waals surface area contributed by atoms with Gasteiger partial charge < -0.3 is 5.73 Å². The highest BCUT2D eigenvalue weighted by Gasteiger charge is 2.11. The third kappa shape index (κ3) is 3.00. The average molecular weight is 269 g/mol. The minimum Gasteiger partial charge on any atom is -0.330 e. The summed E-state index contributed by atoms with van der Waals surface area (Å²) in [5.41, 5.74) is 6.72. The predicted molar refractivity (Wildman–Crippen MR) is 69.5 cm³/mol. The van der Waals surface area contributed by atoms with Gasteiger partial charge in [-0.05, 0) is 43.3 Å². The minimum absolute atomic E-state index is 0.598. The van der Waals surface area contributed by atoms with Gasteiger partial charge in [0.1, 0.15) is 5.82 Å². The first-order valence-corrected chi connectivity index (χ1v) is 6.44. The van der Waals surface area contributed by atoms with Gasteiger partial charge in [-0.1, -0.05) is 23.7 Å². The highest BCUT2D eigenvalue weighted by molar-refractivity contribution is 7.99. The molecular formula is C11H13ClN4S. The van der Waals surface area contributed by atoms with E-state index in [1.54, 1.807) is 0 Å². The van der Waals surface area contributed by atoms with Crippen molar-refractivity contribution < 1.29 is 0 Å². The SMILES string of the molecule is Cc1nc(Sc2c(Cl)cccc2CCN)n[nH]1. The fraction of sp³-hybridized carbons (Fsp3) is 0.273. The van der Waals surface area contributed by atoms with Gasteiger partial charge in [0.05, 0.1) is 5.02 Å². The smallest absolute Gasteiger partial charge is 0.213 e. The van der Waals surface area contributed by atoms with Crippen molar-refractivity contribution in [3.05, 3.63) is 34.6 Å². The predicted octanol–water partition coefficient (Wildman–Crippen LogP) is 2.42. The molecule has 0 unspecified atom stereocenters. The third-order valence-electron chi connectivity index (χ3n) is 2.23. The van der Waals surface area contributed by atoms with E-state index in [1.165, 1.54) is 11.8 Å². The molecule has 17 heavy (non-hydrogen) atoms. The summed E-state index contributed by atoms with van der Waals surface area (Å²) >= 11 is 7.66. The summed E-state index contributed by atoms with van der Waals surface area (Å²) in [5.74, 6) is 0.792. The molecule has 90 valence electrons. The average Bonchev–Trinajstić information content (AvgIpc) is 2.70. The molecule has 0 aliphatic heterocycles. The Morgan fingerprint density at radius 3 is 2.94 bits per heavy atom. The Bertz CT molecular complexity index is 512. The van der Waals surface area contributed by atoms with Gasteiger partial charge in [-0.15, -0.1) is 5.10 Å². The van der Waals surface area contributed by atoms with E-state index in [4.69, 9.17) is 17.3 Å². The van der Waals surface area contributed by atoms with Crippen LogP contribution in [0.4, 0.5) is 0 Å². The Hall–Kier alpha value is -1.04. The maximum absolute atomic E-state index is 6.19. The van der Waals surface area contributed by atoms with Gasteiger partial charge in [0.25, 0.3) is 0 Å². The number of nitrogens with one attached hydrogen (secondary N) is 1. The van der Waals surface area contributed by atoms with Crippen LogP contribution in [0.5, 0.6) is 0 Å². The number of nitrogens with two attached hydrogens (primary N) is 1. The van der Waals surface area contributed by atoms with E-state index in [0.29, 0.717) is 16.7 Å². The van der Waals surface area contributed by atoms with E-state index in [-0.39, 0.29) is 0 Å². The van der Waals surface area contributed by atoms with E-state index in [1.807, 2.05) is 25.1 Å². The molecule has 0 radical (unpaired) electrons. The van der Waals surface area contributed by atoms with Crippen LogP contribution in [-0.4, -0.2) is 21.7 Å². The van der Waals surface area contributed by atoms with Crippen molar-refractivity contribution in [2.24, 2.45) is 5.73 Å². The summed E-state index contributed by atoms with van der Waals surface area (Å²) < 4.78 is 0. The molecule has 0 aliphatic rings. The zero-order chi connectivity index (χ0) is 12.3. The van der Waals surface area contributed by atoms with Crippen molar-refractivity contribution >= 4 is 23.4 Å². The Labute approximate surface area is 109 Å². The first-order chi connectivity index (χ1) is 8.20. The molecule has 2 aromatic rings. The Balaban J connectivity index is 2.30. The Morgan fingerprint density at radius 2 is 2.29 bits per heavy atom. The number of aryl methyl sites for hydroxylation is 1. The lowest BCUT2D eigenvalue weighted by Gasteiger charge is -2.07. The summed E-state index contributed by atoms with van der Waals surface area (Å²) in [5, 5.41) is 8.29. The van der Waals surface area contributed by atoms with Gasteiger partial charge in [0.2, 0.25) is 5.16 Å². The number of halogens is 1. The van der Waals surface area contributed by atoms with Crippen LogP contribution in [0.3, 0.4) is 0 Å². The number of hydrogen-bond acceptors (Lipinski definition) is 4. The molecule has 0 amide bonds. The lowest BCUT2D eigenvalue weighted by molar-refractivity contribution is 0.937. The molecule has 0 aliphatic carbocycles. The topological polar surface area (TPSA) is 67.6 Å². The van der Waals surface area contributed by atoms with Crippen molar-refractivity contribution in [3.63, 3.8) is 0 Å². The second-order valence-corrected chi connectivity index (χ2v) is 4.96. The molecule has 0 spiro atoms. The van der Waals surface area contributed by atoms with Gasteiger partial charge in [0.15, 0.2) is 0 Å². The molecule has 0 fully saturated rings. The fourth-order valence-corrected chi connectivity index (χ4v) is 2.71. The highest BCUT2D eigenvalue weighted by atomic mass is 35.5. The first-order valence-electron chi connectivity index (χ1n) is 5.25. The molecule has 1 aromatic carbocycles. The molecule has 6 heteroatoms. The molecule has 0 saturated carbocycles. The summed E-state index contributed by atoms with van der Waals surface area (Å²) in [6.45, 7) is 2.46. The molecule has 4 nitrogen and oxygen atoms in total. The monoisotopic (exact) mass is 268 g/mol. The second kappa shape index (κ2) is 5.53. The van der Waals surface area contributed by atoms with E-state index in [0.717, 1.165) is 22.7 Å². The normalized spacial score (nSPS) is 10.8. The van der Waals surface area contributed by atoms with E-state index in [9.17, 15) is 0 Å². The largest absolute Gasteiger partial charge is 0.330 e. The van der Waals surface area contributed by atoms with Crippen LogP contribution in [0.2, 0.25) is 5.02 Å². The van der Waals surface area contributed by atoms with Crippen molar-refractivity contribution in [2.45, 2.75) is 23.4 Å². The fourth-order valence-electron chi connectivity index (χ4n) is 1.48. The minimum atomic E-state index is 0.598. The number of hydrogen-bond donors (Lipinski definition) is 2. The number of nitrogens with zero attached hydrogens (tertiary/aromatic N) is 2. The zero-order valence-electron chi connectivity index (χ0n) is 9.40. The third-order valence-corrected chi connectivity index (χ3v) is 3.71. The lowest BCUT2D eigenvalue weighted by atomic mass is 10.1. The van der Waals surface area contributed by atoms with Gasteiger partial charge in [0, 0.05) is 4.90 Å². The first kappa shape index (κ1) is 12.4. The summed E-state index contributed by atoms with van der Waals surface area (Å²) in [6.07, 6.45) is 0.798. The number of benzene rings is 1. The molecule has 1 heterocycles. The molecule has 0 saturated heterocycles. The maximum Gasteiger partial charge on any atom is 0.213 e. The van der Waals surface area contributed by atoms with Crippen LogP contribution in [0.15, 0.2) is 28.3 Å². The number of aromatic amines is 1.